The lowest BCUT2D eigenvalue weighted by Gasteiger charge is -2.01. The van der Waals surface area contributed by atoms with Gasteiger partial charge in [-0.1, -0.05) is 33.2 Å². The zero-order valence-electron chi connectivity index (χ0n) is 7.73. The Balaban J connectivity index is 2.88. The topological polar surface area (TPSA) is 49.7 Å². The van der Waals surface area contributed by atoms with Crippen molar-refractivity contribution < 1.29 is 9.50 Å². The molecule has 0 heterocycles. The van der Waals surface area contributed by atoms with Gasteiger partial charge >= 0.3 is 0 Å². The van der Waals surface area contributed by atoms with E-state index in [1.54, 1.807) is 24.3 Å². The molecule has 1 rings (SSSR count). The van der Waals surface area contributed by atoms with Crippen LogP contribution in [0.5, 0.6) is 0 Å². The molecule has 0 amide bonds. The summed E-state index contributed by atoms with van der Waals surface area (Å²) >= 11 is 3.22. The number of hydrogen-bond acceptors (Lipinski definition) is 3. The molecule has 0 aliphatic carbocycles. The standard InChI is InChI=1S/C10H9BrFNO2/c11-8-3-1-7(2-4-8)10(12)5-9(6-14)13-15/h1-5,9,14H,6H2/b10-5-/t9-/m0/s1. The van der Waals surface area contributed by atoms with Gasteiger partial charge in [-0.3, -0.25) is 0 Å². The molecular formula is C10H9BrFNO2. The third-order valence-corrected chi connectivity index (χ3v) is 2.31. The number of benzene rings is 1. The summed E-state index contributed by atoms with van der Waals surface area (Å²) in [5, 5.41) is 11.2. The van der Waals surface area contributed by atoms with Crippen LogP contribution in [0.3, 0.4) is 0 Å². The summed E-state index contributed by atoms with van der Waals surface area (Å²) in [6, 6.07) is 5.47. The highest BCUT2D eigenvalue weighted by atomic mass is 79.9. The van der Waals surface area contributed by atoms with Gasteiger partial charge in [-0.15, -0.1) is 0 Å². The van der Waals surface area contributed by atoms with E-state index in [2.05, 4.69) is 21.1 Å². The molecule has 0 fully saturated rings. The lowest BCUT2D eigenvalue weighted by Crippen LogP contribution is -2.05. The van der Waals surface area contributed by atoms with Crippen molar-refractivity contribution >= 4 is 21.8 Å². The second-order valence-electron chi connectivity index (χ2n) is 2.88. The molecule has 0 aliphatic rings. The number of nitrogens with zero attached hydrogens (tertiary/aromatic N) is 1. The molecule has 3 nitrogen and oxygen atoms in total. The highest BCUT2D eigenvalue weighted by Gasteiger charge is 2.07. The smallest absolute Gasteiger partial charge is 0.136 e. The first-order valence-corrected chi connectivity index (χ1v) is 5.03. The Kier molecular flexibility index (Phi) is 4.58. The van der Waals surface area contributed by atoms with E-state index >= 15 is 0 Å². The van der Waals surface area contributed by atoms with Crippen LogP contribution in [0, 0.1) is 4.91 Å². The first kappa shape index (κ1) is 12.0. The van der Waals surface area contributed by atoms with E-state index < -0.39 is 18.5 Å². The SMILES string of the molecule is O=N[C@@H](/C=C(\F)c1ccc(Br)cc1)CO. The number of halogens is 2. The predicted octanol–water partition coefficient (Wildman–Crippen LogP) is 2.89. The average Bonchev–Trinajstić information content (AvgIpc) is 2.26. The fraction of sp³-hybridized carbons (Fsp3) is 0.200. The number of rotatable bonds is 4. The van der Waals surface area contributed by atoms with Gasteiger partial charge < -0.3 is 5.11 Å². The minimum absolute atomic E-state index is 0.348. The molecule has 0 aromatic heterocycles. The van der Waals surface area contributed by atoms with E-state index in [-0.39, 0.29) is 0 Å². The molecule has 0 bridgehead atoms. The van der Waals surface area contributed by atoms with Crippen LogP contribution in [-0.2, 0) is 0 Å². The van der Waals surface area contributed by atoms with Gasteiger partial charge in [-0.05, 0) is 18.2 Å². The van der Waals surface area contributed by atoms with Gasteiger partial charge in [0.05, 0.1) is 6.61 Å². The number of nitroso groups, excluding NO2 is 1. The van der Waals surface area contributed by atoms with E-state index in [0.717, 1.165) is 10.5 Å². The molecule has 0 saturated carbocycles. The van der Waals surface area contributed by atoms with Crippen LogP contribution in [-0.4, -0.2) is 17.8 Å². The highest BCUT2D eigenvalue weighted by molar-refractivity contribution is 9.10. The molecule has 1 aromatic rings. The number of aliphatic hydroxyl groups excluding tert-OH is 1. The quantitative estimate of drug-likeness (QED) is 0.858. The molecule has 0 saturated heterocycles. The minimum Gasteiger partial charge on any atom is -0.394 e. The van der Waals surface area contributed by atoms with Gasteiger partial charge in [0.2, 0.25) is 0 Å². The van der Waals surface area contributed by atoms with Gasteiger partial charge in [-0.25, -0.2) is 4.39 Å². The van der Waals surface area contributed by atoms with E-state index in [9.17, 15) is 9.30 Å². The molecular weight excluding hydrogens is 265 g/mol. The van der Waals surface area contributed by atoms with Crippen molar-refractivity contribution in [3.63, 3.8) is 0 Å². The largest absolute Gasteiger partial charge is 0.394 e. The van der Waals surface area contributed by atoms with Crippen molar-refractivity contribution in [3.05, 3.63) is 45.3 Å². The lowest BCUT2D eigenvalue weighted by atomic mass is 10.1. The van der Waals surface area contributed by atoms with Crippen molar-refractivity contribution in [3.8, 4) is 0 Å². The van der Waals surface area contributed by atoms with Gasteiger partial charge in [0.1, 0.15) is 11.9 Å². The maximum Gasteiger partial charge on any atom is 0.136 e. The molecule has 0 aliphatic heterocycles. The second kappa shape index (κ2) is 5.72. The minimum atomic E-state index is -1.03. The summed E-state index contributed by atoms with van der Waals surface area (Å²) < 4.78 is 14.3. The van der Waals surface area contributed by atoms with Crippen LogP contribution in [0.4, 0.5) is 4.39 Å². The van der Waals surface area contributed by atoms with E-state index in [4.69, 9.17) is 5.11 Å². The Labute approximate surface area is 94.7 Å². The molecule has 1 atom stereocenters. The van der Waals surface area contributed by atoms with E-state index in [1.165, 1.54) is 0 Å². The summed E-state index contributed by atoms with van der Waals surface area (Å²) in [4.78, 5) is 10.1. The van der Waals surface area contributed by atoms with Crippen LogP contribution < -0.4 is 0 Å². The van der Waals surface area contributed by atoms with Gasteiger partial charge in [0, 0.05) is 10.0 Å². The van der Waals surface area contributed by atoms with Crippen LogP contribution >= 0.6 is 15.9 Å². The molecule has 80 valence electrons. The normalized spacial score (nSPS) is 13.7. The zero-order chi connectivity index (χ0) is 11.3. The first-order chi connectivity index (χ1) is 7.17. The maximum atomic E-state index is 13.4. The average molecular weight is 274 g/mol. The van der Waals surface area contributed by atoms with Crippen molar-refractivity contribution in [2.45, 2.75) is 6.04 Å². The Morgan fingerprint density at radius 3 is 2.60 bits per heavy atom. The fourth-order valence-corrected chi connectivity index (χ4v) is 1.26. The third kappa shape index (κ3) is 3.53. The molecule has 15 heavy (non-hydrogen) atoms. The van der Waals surface area contributed by atoms with E-state index in [1.807, 2.05) is 0 Å². The van der Waals surface area contributed by atoms with Crippen molar-refractivity contribution in [1.29, 1.82) is 0 Å². The van der Waals surface area contributed by atoms with Gasteiger partial charge in [-0.2, -0.15) is 4.91 Å². The van der Waals surface area contributed by atoms with Crippen molar-refractivity contribution in [1.82, 2.24) is 0 Å². The first-order valence-electron chi connectivity index (χ1n) is 4.24. The number of aliphatic hydroxyl groups is 1. The maximum absolute atomic E-state index is 13.4. The highest BCUT2D eigenvalue weighted by Crippen LogP contribution is 2.19. The summed E-state index contributed by atoms with van der Waals surface area (Å²) in [6.07, 6.45) is 0.996. The van der Waals surface area contributed by atoms with Crippen LogP contribution in [0.2, 0.25) is 0 Å². The molecule has 1 aromatic carbocycles. The Morgan fingerprint density at radius 1 is 1.53 bits per heavy atom. The molecule has 0 spiro atoms. The summed E-state index contributed by atoms with van der Waals surface area (Å²) in [6.45, 7) is -0.493. The molecule has 5 heteroatoms. The third-order valence-electron chi connectivity index (χ3n) is 1.78. The Bertz CT molecular complexity index is 364. The monoisotopic (exact) mass is 273 g/mol. The zero-order valence-corrected chi connectivity index (χ0v) is 9.32. The van der Waals surface area contributed by atoms with Crippen LogP contribution in [0.25, 0.3) is 5.83 Å². The molecule has 0 radical (unpaired) electrons. The molecule has 1 N–H and O–H groups in total. The van der Waals surface area contributed by atoms with Gasteiger partial charge in [0.15, 0.2) is 0 Å². The second-order valence-corrected chi connectivity index (χ2v) is 3.79. The lowest BCUT2D eigenvalue weighted by molar-refractivity contribution is 0.284. The summed E-state index contributed by atoms with van der Waals surface area (Å²) in [5.41, 5.74) is 0.348. The van der Waals surface area contributed by atoms with Crippen LogP contribution in [0.15, 0.2) is 40.0 Å². The number of hydrogen-bond donors (Lipinski definition) is 1. The molecule has 0 unspecified atom stereocenters. The fourth-order valence-electron chi connectivity index (χ4n) is 0.991. The Morgan fingerprint density at radius 2 is 2.13 bits per heavy atom. The van der Waals surface area contributed by atoms with Crippen molar-refractivity contribution in [2.75, 3.05) is 6.61 Å². The summed E-state index contributed by atoms with van der Waals surface area (Å²) in [5.74, 6) is -0.568. The van der Waals surface area contributed by atoms with Crippen LogP contribution in [0.1, 0.15) is 5.56 Å². The van der Waals surface area contributed by atoms with Gasteiger partial charge in [0.25, 0.3) is 0 Å². The van der Waals surface area contributed by atoms with E-state index in [0.29, 0.717) is 5.56 Å². The predicted molar refractivity (Wildman–Crippen MR) is 59.9 cm³/mol. The van der Waals surface area contributed by atoms with Crippen molar-refractivity contribution in [2.24, 2.45) is 5.18 Å². The summed E-state index contributed by atoms with van der Waals surface area (Å²) in [7, 11) is 0. The Hall–Kier alpha value is -1.07.